The molecule has 0 aliphatic rings. The topological polar surface area (TPSA) is 68.1 Å². The van der Waals surface area contributed by atoms with Crippen LogP contribution in [0.1, 0.15) is 24.2 Å². The van der Waals surface area contributed by atoms with Crippen molar-refractivity contribution in [3.05, 3.63) is 70.0 Å². The van der Waals surface area contributed by atoms with Gasteiger partial charge in [0.15, 0.2) is 0 Å². The van der Waals surface area contributed by atoms with E-state index in [1.54, 1.807) is 18.3 Å². The van der Waals surface area contributed by atoms with Crippen LogP contribution in [0.3, 0.4) is 0 Å². The smallest absolute Gasteiger partial charge is 0.269 e. The molecule has 0 aliphatic carbocycles. The Hall–Kier alpha value is -2.27. The number of rotatable bonds is 5. The van der Waals surface area contributed by atoms with Gasteiger partial charge in [-0.2, -0.15) is 0 Å². The van der Waals surface area contributed by atoms with Crippen LogP contribution in [0.15, 0.2) is 48.7 Å². The molecule has 0 amide bonds. The zero-order valence-electron chi connectivity index (χ0n) is 10.6. The number of aromatic nitrogens is 1. The van der Waals surface area contributed by atoms with Crippen LogP contribution in [0.2, 0.25) is 0 Å². The largest absolute Gasteiger partial charge is 0.305 e. The molecular weight excluding hydrogens is 242 g/mol. The average molecular weight is 257 g/mol. The summed E-state index contributed by atoms with van der Waals surface area (Å²) in [7, 11) is 0. The summed E-state index contributed by atoms with van der Waals surface area (Å²) in [6, 6.07) is 12.4. The van der Waals surface area contributed by atoms with Crippen molar-refractivity contribution in [1.29, 1.82) is 0 Å². The first-order valence-electron chi connectivity index (χ1n) is 6.04. The lowest BCUT2D eigenvalue weighted by Crippen LogP contribution is -2.18. The molecule has 2 aromatic rings. The Balaban J connectivity index is 2.02. The third-order valence-electron chi connectivity index (χ3n) is 2.90. The number of benzene rings is 1. The molecule has 98 valence electrons. The van der Waals surface area contributed by atoms with E-state index in [1.165, 1.54) is 6.07 Å². The highest BCUT2D eigenvalue weighted by molar-refractivity contribution is 5.35. The summed E-state index contributed by atoms with van der Waals surface area (Å²) >= 11 is 0. The molecular formula is C14H15N3O2. The van der Waals surface area contributed by atoms with Crippen molar-refractivity contribution < 1.29 is 4.92 Å². The van der Waals surface area contributed by atoms with E-state index in [-0.39, 0.29) is 16.7 Å². The van der Waals surface area contributed by atoms with Gasteiger partial charge in [-0.25, -0.2) is 0 Å². The van der Waals surface area contributed by atoms with Gasteiger partial charge in [0.2, 0.25) is 0 Å². The van der Waals surface area contributed by atoms with Crippen LogP contribution in [0.5, 0.6) is 0 Å². The van der Waals surface area contributed by atoms with E-state index < -0.39 is 0 Å². The Morgan fingerprint density at radius 3 is 2.84 bits per heavy atom. The zero-order chi connectivity index (χ0) is 13.7. The molecule has 5 nitrogen and oxygen atoms in total. The minimum atomic E-state index is -0.380. The number of non-ortho nitro benzene ring substituents is 1. The van der Waals surface area contributed by atoms with Crippen molar-refractivity contribution in [3.63, 3.8) is 0 Å². The van der Waals surface area contributed by atoms with E-state index in [0.29, 0.717) is 6.54 Å². The molecule has 19 heavy (non-hydrogen) atoms. The summed E-state index contributed by atoms with van der Waals surface area (Å²) in [5.41, 5.74) is 1.95. The minimum absolute atomic E-state index is 0.0295. The molecule has 1 heterocycles. The van der Waals surface area contributed by atoms with Crippen LogP contribution in [-0.2, 0) is 6.54 Å². The minimum Gasteiger partial charge on any atom is -0.305 e. The Kier molecular flexibility index (Phi) is 4.20. The molecule has 1 unspecified atom stereocenters. The van der Waals surface area contributed by atoms with Crippen molar-refractivity contribution >= 4 is 5.69 Å². The summed E-state index contributed by atoms with van der Waals surface area (Å²) in [5, 5.41) is 14.0. The van der Waals surface area contributed by atoms with E-state index in [4.69, 9.17) is 0 Å². The summed E-state index contributed by atoms with van der Waals surface area (Å²) in [4.78, 5) is 14.6. The van der Waals surface area contributed by atoms with Crippen LogP contribution in [0, 0.1) is 10.1 Å². The quantitative estimate of drug-likeness (QED) is 0.660. The van der Waals surface area contributed by atoms with Crippen LogP contribution in [0.4, 0.5) is 5.69 Å². The number of nitrogens with one attached hydrogen (secondary N) is 1. The average Bonchev–Trinajstić information content (AvgIpc) is 2.46. The highest BCUT2D eigenvalue weighted by Gasteiger charge is 2.10. The first kappa shape index (κ1) is 13.2. The molecule has 1 N–H and O–H groups in total. The van der Waals surface area contributed by atoms with Gasteiger partial charge in [0.05, 0.1) is 10.6 Å². The Bertz CT molecular complexity index is 558. The number of hydrogen-bond donors (Lipinski definition) is 1. The lowest BCUT2D eigenvalue weighted by atomic mass is 10.1. The van der Waals surface area contributed by atoms with Gasteiger partial charge in [0.1, 0.15) is 0 Å². The maximum Gasteiger partial charge on any atom is 0.269 e. The van der Waals surface area contributed by atoms with Crippen molar-refractivity contribution in [1.82, 2.24) is 10.3 Å². The van der Waals surface area contributed by atoms with Crippen LogP contribution < -0.4 is 5.32 Å². The van der Waals surface area contributed by atoms with Crippen LogP contribution in [-0.4, -0.2) is 9.91 Å². The molecule has 0 bridgehead atoms. The first-order valence-corrected chi connectivity index (χ1v) is 6.04. The fourth-order valence-corrected chi connectivity index (χ4v) is 1.79. The second-order valence-electron chi connectivity index (χ2n) is 4.28. The zero-order valence-corrected chi connectivity index (χ0v) is 10.6. The Morgan fingerprint density at radius 2 is 2.16 bits per heavy atom. The summed E-state index contributed by atoms with van der Waals surface area (Å²) in [6.45, 7) is 2.60. The van der Waals surface area contributed by atoms with Crippen molar-refractivity contribution in [3.8, 4) is 0 Å². The second-order valence-corrected chi connectivity index (χ2v) is 4.28. The van der Waals surface area contributed by atoms with Crippen LogP contribution >= 0.6 is 0 Å². The predicted molar refractivity (Wildman–Crippen MR) is 72.6 cm³/mol. The summed E-state index contributed by atoms with van der Waals surface area (Å²) in [6.07, 6.45) is 1.75. The maximum atomic E-state index is 10.7. The monoisotopic (exact) mass is 257 g/mol. The predicted octanol–water partition coefficient (Wildman–Crippen LogP) is 2.84. The Morgan fingerprint density at radius 1 is 1.32 bits per heavy atom. The van der Waals surface area contributed by atoms with Crippen molar-refractivity contribution in [2.24, 2.45) is 0 Å². The molecule has 2 rings (SSSR count). The van der Waals surface area contributed by atoms with E-state index in [0.717, 1.165) is 11.3 Å². The SMILES string of the molecule is CC(NCc1ccccn1)c1cccc([N+](=O)[O-])c1. The third kappa shape index (κ3) is 3.59. The van der Waals surface area contributed by atoms with Gasteiger partial charge in [-0.3, -0.25) is 15.1 Å². The highest BCUT2D eigenvalue weighted by atomic mass is 16.6. The van der Waals surface area contributed by atoms with E-state index in [2.05, 4.69) is 10.3 Å². The van der Waals surface area contributed by atoms with Gasteiger partial charge in [0, 0.05) is 30.9 Å². The summed E-state index contributed by atoms with van der Waals surface area (Å²) in [5.74, 6) is 0. The van der Waals surface area contributed by atoms with Gasteiger partial charge >= 0.3 is 0 Å². The fourth-order valence-electron chi connectivity index (χ4n) is 1.79. The number of nitrogens with zero attached hydrogens (tertiary/aromatic N) is 2. The van der Waals surface area contributed by atoms with Gasteiger partial charge < -0.3 is 5.32 Å². The van der Waals surface area contributed by atoms with E-state index >= 15 is 0 Å². The van der Waals surface area contributed by atoms with Gasteiger partial charge in [-0.1, -0.05) is 18.2 Å². The molecule has 0 aliphatic heterocycles. The third-order valence-corrected chi connectivity index (χ3v) is 2.90. The lowest BCUT2D eigenvalue weighted by Gasteiger charge is -2.13. The maximum absolute atomic E-state index is 10.7. The molecule has 1 aromatic carbocycles. The molecule has 0 fully saturated rings. The van der Waals surface area contributed by atoms with Crippen molar-refractivity contribution in [2.75, 3.05) is 0 Å². The fraction of sp³-hybridized carbons (Fsp3) is 0.214. The molecule has 0 saturated heterocycles. The molecule has 1 atom stereocenters. The van der Waals surface area contributed by atoms with E-state index in [1.807, 2.05) is 31.2 Å². The Labute approximate surface area is 111 Å². The number of pyridine rings is 1. The van der Waals surface area contributed by atoms with Crippen LogP contribution in [0.25, 0.3) is 0 Å². The molecule has 5 heteroatoms. The lowest BCUT2D eigenvalue weighted by molar-refractivity contribution is -0.384. The molecule has 0 saturated carbocycles. The number of hydrogen-bond acceptors (Lipinski definition) is 4. The number of nitro groups is 1. The van der Waals surface area contributed by atoms with Gasteiger partial charge in [-0.05, 0) is 24.6 Å². The van der Waals surface area contributed by atoms with E-state index in [9.17, 15) is 10.1 Å². The number of nitro benzene ring substituents is 1. The standard InChI is InChI=1S/C14H15N3O2/c1-11(16-10-13-6-2-3-8-15-13)12-5-4-7-14(9-12)17(18)19/h2-9,11,16H,10H2,1H3. The normalized spacial score (nSPS) is 12.1. The highest BCUT2D eigenvalue weighted by Crippen LogP contribution is 2.19. The summed E-state index contributed by atoms with van der Waals surface area (Å²) < 4.78 is 0. The van der Waals surface area contributed by atoms with Gasteiger partial charge in [-0.15, -0.1) is 0 Å². The van der Waals surface area contributed by atoms with Crippen molar-refractivity contribution in [2.45, 2.75) is 19.5 Å². The molecule has 0 radical (unpaired) electrons. The second kappa shape index (κ2) is 6.06. The molecule has 0 spiro atoms. The molecule has 1 aromatic heterocycles. The van der Waals surface area contributed by atoms with Gasteiger partial charge in [0.25, 0.3) is 5.69 Å². The first-order chi connectivity index (χ1) is 9.16.